The number of nitrogens with zero attached hydrogens (tertiary/aromatic N) is 3. The standard InChI is InChI=1S/C24H19F3N4O2/c25-24(26,27)19-6-8-21(9-7-19)33-16-22(32)29-14-18-15-31(20-4-2-1-3-5-20)30-23(18)17-10-12-28-13-11-17/h1-13,15H,14,16H2,(H,29,32). The van der Waals surface area contributed by atoms with E-state index < -0.39 is 17.6 Å². The van der Waals surface area contributed by atoms with Crippen molar-refractivity contribution in [1.29, 1.82) is 0 Å². The van der Waals surface area contributed by atoms with Gasteiger partial charge in [-0.15, -0.1) is 0 Å². The zero-order valence-corrected chi connectivity index (χ0v) is 17.3. The summed E-state index contributed by atoms with van der Waals surface area (Å²) in [6, 6.07) is 17.4. The third kappa shape index (κ3) is 5.57. The van der Waals surface area contributed by atoms with Crippen molar-refractivity contribution in [3.8, 4) is 22.7 Å². The lowest BCUT2D eigenvalue weighted by Gasteiger charge is -2.09. The van der Waals surface area contributed by atoms with Gasteiger partial charge in [0.2, 0.25) is 0 Å². The maximum absolute atomic E-state index is 12.6. The Balaban J connectivity index is 1.43. The molecule has 0 fully saturated rings. The van der Waals surface area contributed by atoms with Crippen LogP contribution in [0.4, 0.5) is 13.2 Å². The number of alkyl halides is 3. The fourth-order valence-corrected chi connectivity index (χ4v) is 3.14. The van der Waals surface area contributed by atoms with Crippen molar-refractivity contribution in [2.75, 3.05) is 6.61 Å². The highest BCUT2D eigenvalue weighted by molar-refractivity contribution is 5.77. The summed E-state index contributed by atoms with van der Waals surface area (Å²) in [7, 11) is 0. The van der Waals surface area contributed by atoms with Crippen LogP contribution in [0.2, 0.25) is 0 Å². The molecule has 0 bridgehead atoms. The largest absolute Gasteiger partial charge is 0.484 e. The van der Waals surface area contributed by atoms with Crippen LogP contribution in [0.25, 0.3) is 16.9 Å². The third-order valence-corrected chi connectivity index (χ3v) is 4.79. The van der Waals surface area contributed by atoms with Crippen molar-refractivity contribution in [2.24, 2.45) is 0 Å². The van der Waals surface area contributed by atoms with Gasteiger partial charge < -0.3 is 10.1 Å². The summed E-state index contributed by atoms with van der Waals surface area (Å²) in [5, 5.41) is 7.43. The molecule has 0 radical (unpaired) electrons. The van der Waals surface area contributed by atoms with Gasteiger partial charge in [0.15, 0.2) is 6.61 Å². The van der Waals surface area contributed by atoms with Gasteiger partial charge in [-0.3, -0.25) is 9.78 Å². The van der Waals surface area contributed by atoms with Crippen molar-refractivity contribution >= 4 is 5.91 Å². The Morgan fingerprint density at radius 3 is 2.33 bits per heavy atom. The minimum Gasteiger partial charge on any atom is -0.484 e. The van der Waals surface area contributed by atoms with Crippen LogP contribution in [-0.4, -0.2) is 27.3 Å². The minimum atomic E-state index is -4.42. The number of nitrogens with one attached hydrogen (secondary N) is 1. The molecular weight excluding hydrogens is 433 g/mol. The van der Waals surface area contributed by atoms with E-state index in [1.54, 1.807) is 17.1 Å². The lowest BCUT2D eigenvalue weighted by atomic mass is 10.1. The van der Waals surface area contributed by atoms with Crippen LogP contribution in [0, 0.1) is 0 Å². The summed E-state index contributed by atoms with van der Waals surface area (Å²) >= 11 is 0. The molecule has 2 heterocycles. The fourth-order valence-electron chi connectivity index (χ4n) is 3.14. The van der Waals surface area contributed by atoms with Crippen molar-refractivity contribution in [1.82, 2.24) is 20.1 Å². The summed E-state index contributed by atoms with van der Waals surface area (Å²) in [5.74, 6) is -0.240. The number of amides is 1. The Morgan fingerprint density at radius 2 is 1.67 bits per heavy atom. The van der Waals surface area contributed by atoms with Crippen molar-refractivity contribution in [3.63, 3.8) is 0 Å². The average molecular weight is 452 g/mol. The van der Waals surface area contributed by atoms with E-state index in [9.17, 15) is 18.0 Å². The molecule has 0 aliphatic carbocycles. The lowest BCUT2D eigenvalue weighted by Crippen LogP contribution is -2.28. The van der Waals surface area contributed by atoms with E-state index >= 15 is 0 Å². The summed E-state index contributed by atoms with van der Waals surface area (Å²) in [4.78, 5) is 16.3. The quantitative estimate of drug-likeness (QED) is 0.443. The first-order valence-electron chi connectivity index (χ1n) is 10.0. The molecule has 0 aliphatic heterocycles. The van der Waals surface area contributed by atoms with Crippen LogP contribution >= 0.6 is 0 Å². The van der Waals surface area contributed by atoms with Gasteiger partial charge in [0, 0.05) is 36.3 Å². The fraction of sp³-hybridized carbons (Fsp3) is 0.125. The number of carbonyl (C=O) groups excluding carboxylic acids is 1. The second kappa shape index (κ2) is 9.56. The van der Waals surface area contributed by atoms with Gasteiger partial charge in [0.25, 0.3) is 5.91 Å². The number of para-hydroxylation sites is 1. The minimum absolute atomic E-state index is 0.174. The number of hydrogen-bond donors (Lipinski definition) is 1. The zero-order valence-electron chi connectivity index (χ0n) is 17.3. The maximum atomic E-state index is 12.6. The number of hydrogen-bond acceptors (Lipinski definition) is 4. The number of benzene rings is 2. The topological polar surface area (TPSA) is 69.0 Å². The van der Waals surface area contributed by atoms with Crippen molar-refractivity contribution < 1.29 is 22.7 Å². The van der Waals surface area contributed by atoms with Gasteiger partial charge >= 0.3 is 6.18 Å². The van der Waals surface area contributed by atoms with E-state index in [2.05, 4.69) is 15.4 Å². The van der Waals surface area contributed by atoms with E-state index in [4.69, 9.17) is 4.74 Å². The molecule has 6 nitrogen and oxygen atoms in total. The Hall–Kier alpha value is -4.14. The molecule has 4 rings (SSSR count). The predicted octanol–water partition coefficient (Wildman–Crippen LogP) is 4.65. The van der Waals surface area contributed by atoms with Gasteiger partial charge in [0.1, 0.15) is 5.75 Å². The molecule has 4 aromatic rings. The monoisotopic (exact) mass is 452 g/mol. The van der Waals surface area contributed by atoms with Gasteiger partial charge in [-0.2, -0.15) is 18.3 Å². The zero-order chi connectivity index (χ0) is 23.3. The first-order chi connectivity index (χ1) is 15.9. The maximum Gasteiger partial charge on any atom is 0.416 e. The Morgan fingerprint density at radius 1 is 0.970 bits per heavy atom. The van der Waals surface area contributed by atoms with Crippen LogP contribution in [0.15, 0.2) is 85.3 Å². The molecule has 2 aromatic heterocycles. The molecule has 0 spiro atoms. The lowest BCUT2D eigenvalue weighted by molar-refractivity contribution is -0.137. The number of ether oxygens (including phenoxy) is 1. The SMILES string of the molecule is O=C(COc1ccc(C(F)(F)F)cc1)NCc1cn(-c2ccccc2)nc1-c1ccncc1. The van der Waals surface area contributed by atoms with Crippen LogP contribution < -0.4 is 10.1 Å². The molecule has 1 amide bonds. The van der Waals surface area contributed by atoms with Gasteiger partial charge in [-0.05, 0) is 48.5 Å². The summed E-state index contributed by atoms with van der Waals surface area (Å²) < 4.78 is 45.0. The molecular formula is C24H19F3N4O2. The molecule has 0 saturated carbocycles. The molecule has 0 saturated heterocycles. The molecule has 9 heteroatoms. The molecule has 0 atom stereocenters. The van der Waals surface area contributed by atoms with Crippen LogP contribution in [0.5, 0.6) is 5.75 Å². The first-order valence-corrected chi connectivity index (χ1v) is 10.0. The number of pyridine rings is 1. The van der Waals surface area contributed by atoms with E-state index in [0.717, 1.165) is 28.9 Å². The van der Waals surface area contributed by atoms with Crippen LogP contribution in [0.3, 0.4) is 0 Å². The van der Waals surface area contributed by atoms with E-state index in [-0.39, 0.29) is 18.9 Å². The summed E-state index contributed by atoms with van der Waals surface area (Å²) in [6.07, 6.45) is 0.739. The van der Waals surface area contributed by atoms with Crippen molar-refractivity contribution in [2.45, 2.75) is 12.7 Å². The first kappa shape index (κ1) is 22.1. The summed E-state index contributed by atoms with van der Waals surface area (Å²) in [5.41, 5.74) is 2.43. The van der Waals surface area contributed by atoms with Crippen LogP contribution in [-0.2, 0) is 17.5 Å². The van der Waals surface area contributed by atoms with Crippen molar-refractivity contribution in [3.05, 3.63) is 96.4 Å². The van der Waals surface area contributed by atoms with Gasteiger partial charge in [0.05, 0.1) is 16.9 Å². The predicted molar refractivity (Wildman–Crippen MR) is 116 cm³/mol. The normalized spacial score (nSPS) is 11.2. The Bertz CT molecular complexity index is 1210. The number of carbonyl (C=O) groups is 1. The smallest absolute Gasteiger partial charge is 0.416 e. The number of aromatic nitrogens is 3. The molecule has 168 valence electrons. The highest BCUT2D eigenvalue weighted by atomic mass is 19.4. The van der Waals surface area contributed by atoms with E-state index in [0.29, 0.717) is 5.69 Å². The average Bonchev–Trinajstić information content (AvgIpc) is 3.26. The Kier molecular flexibility index (Phi) is 6.39. The van der Waals surface area contributed by atoms with Gasteiger partial charge in [-0.25, -0.2) is 4.68 Å². The third-order valence-electron chi connectivity index (χ3n) is 4.79. The Labute approximate surface area is 187 Å². The highest BCUT2D eigenvalue weighted by Gasteiger charge is 2.30. The molecule has 2 aromatic carbocycles. The number of halogens is 3. The molecule has 33 heavy (non-hydrogen) atoms. The second-order valence-electron chi connectivity index (χ2n) is 7.11. The van der Waals surface area contributed by atoms with Crippen LogP contribution in [0.1, 0.15) is 11.1 Å². The highest BCUT2D eigenvalue weighted by Crippen LogP contribution is 2.30. The second-order valence-corrected chi connectivity index (χ2v) is 7.11. The van der Waals surface area contributed by atoms with E-state index in [1.807, 2.05) is 48.7 Å². The molecule has 0 aliphatic rings. The van der Waals surface area contributed by atoms with Gasteiger partial charge in [-0.1, -0.05) is 18.2 Å². The molecule has 0 unspecified atom stereocenters. The number of rotatable bonds is 7. The summed E-state index contributed by atoms with van der Waals surface area (Å²) in [6.45, 7) is -0.136. The molecule has 1 N–H and O–H groups in total. The van der Waals surface area contributed by atoms with E-state index in [1.165, 1.54) is 12.1 Å².